The van der Waals surface area contributed by atoms with Gasteiger partial charge in [0, 0.05) is 18.7 Å². The van der Waals surface area contributed by atoms with Crippen LogP contribution in [0.25, 0.3) is 10.2 Å². The fourth-order valence-electron chi connectivity index (χ4n) is 3.69. The van der Waals surface area contributed by atoms with Gasteiger partial charge in [-0.05, 0) is 49.2 Å². The van der Waals surface area contributed by atoms with E-state index in [0.29, 0.717) is 29.2 Å². The van der Waals surface area contributed by atoms with Crippen LogP contribution in [0.5, 0.6) is 5.75 Å². The highest BCUT2D eigenvalue weighted by atomic mass is 32.2. The number of hydrogen-bond acceptors (Lipinski definition) is 7. The number of ether oxygens (including phenoxy) is 2. The van der Waals surface area contributed by atoms with Gasteiger partial charge in [-0.1, -0.05) is 17.4 Å². The lowest BCUT2D eigenvalue weighted by Crippen LogP contribution is -2.27. The van der Waals surface area contributed by atoms with Gasteiger partial charge in [0.1, 0.15) is 17.8 Å². The number of fused-ring (bicyclic) bond motifs is 1. The van der Waals surface area contributed by atoms with Crippen LogP contribution in [0.3, 0.4) is 0 Å². The van der Waals surface area contributed by atoms with Gasteiger partial charge in [-0.15, -0.1) is 0 Å². The topological polar surface area (TPSA) is 107 Å². The molecule has 0 bridgehead atoms. The lowest BCUT2D eigenvalue weighted by molar-refractivity contribution is -0.141. The quantitative estimate of drug-likeness (QED) is 0.492. The number of aromatic nitrogens is 1. The van der Waals surface area contributed by atoms with E-state index in [2.05, 4.69) is 4.99 Å². The van der Waals surface area contributed by atoms with E-state index in [-0.39, 0.29) is 17.0 Å². The van der Waals surface area contributed by atoms with Crippen molar-refractivity contribution in [2.75, 3.05) is 27.3 Å². The summed E-state index contributed by atoms with van der Waals surface area (Å²) in [6.07, 6.45) is 1.69. The van der Waals surface area contributed by atoms with Crippen LogP contribution in [-0.2, 0) is 26.1 Å². The van der Waals surface area contributed by atoms with Crippen molar-refractivity contribution in [3.63, 3.8) is 0 Å². The Morgan fingerprint density at radius 1 is 1.06 bits per heavy atom. The Morgan fingerprint density at radius 2 is 1.76 bits per heavy atom. The number of benzene rings is 2. The summed E-state index contributed by atoms with van der Waals surface area (Å²) >= 11 is 1.24. The Bertz CT molecular complexity index is 1370. The Morgan fingerprint density at radius 3 is 2.39 bits per heavy atom. The fourth-order valence-corrected chi connectivity index (χ4v) is 6.25. The number of para-hydroxylation sites is 1. The number of esters is 1. The van der Waals surface area contributed by atoms with E-state index in [1.165, 1.54) is 54.1 Å². The third-order valence-electron chi connectivity index (χ3n) is 5.40. The minimum absolute atomic E-state index is 0.143. The molecule has 1 aromatic heterocycles. The maximum atomic E-state index is 12.9. The van der Waals surface area contributed by atoms with Crippen molar-refractivity contribution in [3.8, 4) is 5.75 Å². The molecular weight excluding hydrogens is 466 g/mol. The summed E-state index contributed by atoms with van der Waals surface area (Å²) < 4.78 is 39.4. The van der Waals surface area contributed by atoms with Gasteiger partial charge in [0.2, 0.25) is 10.0 Å². The molecule has 1 saturated heterocycles. The van der Waals surface area contributed by atoms with E-state index in [1.54, 1.807) is 10.6 Å². The average Bonchev–Trinajstić information content (AvgIpc) is 3.48. The lowest BCUT2D eigenvalue weighted by atomic mass is 10.2. The second-order valence-electron chi connectivity index (χ2n) is 7.41. The Kier molecular flexibility index (Phi) is 6.63. The first-order valence-electron chi connectivity index (χ1n) is 10.3. The standard InChI is InChI=1S/C22H23N3O6S2/c1-30-17-6-5-7-18-20(17)25(14-19(26)31-2)22(32-18)23-21(27)15-8-10-16(11-9-15)33(28,29)24-12-3-4-13-24/h5-11H,3-4,12-14H2,1-2H3. The number of amides is 1. The minimum atomic E-state index is -3.56. The van der Waals surface area contributed by atoms with Crippen LogP contribution in [-0.4, -0.2) is 56.5 Å². The van der Waals surface area contributed by atoms with E-state index in [0.717, 1.165) is 17.5 Å². The molecule has 174 valence electrons. The summed E-state index contributed by atoms with van der Waals surface area (Å²) in [4.78, 5) is 29.6. The summed E-state index contributed by atoms with van der Waals surface area (Å²) in [6, 6.07) is 11.2. The lowest BCUT2D eigenvalue weighted by Gasteiger charge is -2.15. The van der Waals surface area contributed by atoms with Crippen molar-refractivity contribution >= 4 is 43.5 Å². The predicted molar refractivity (Wildman–Crippen MR) is 123 cm³/mol. The van der Waals surface area contributed by atoms with E-state index in [4.69, 9.17) is 9.47 Å². The van der Waals surface area contributed by atoms with E-state index in [9.17, 15) is 18.0 Å². The van der Waals surface area contributed by atoms with E-state index >= 15 is 0 Å². The molecule has 1 fully saturated rings. The Hall–Kier alpha value is -3.02. The average molecular weight is 490 g/mol. The fraction of sp³-hybridized carbons (Fsp3) is 0.318. The molecule has 3 aromatic rings. The van der Waals surface area contributed by atoms with Gasteiger partial charge >= 0.3 is 5.97 Å². The Labute approximate surface area is 194 Å². The normalized spacial score (nSPS) is 15.2. The van der Waals surface area contributed by atoms with Crippen molar-refractivity contribution in [2.24, 2.45) is 4.99 Å². The molecule has 2 heterocycles. The van der Waals surface area contributed by atoms with E-state index in [1.807, 2.05) is 12.1 Å². The van der Waals surface area contributed by atoms with Gasteiger partial charge in [0.25, 0.3) is 5.91 Å². The van der Waals surface area contributed by atoms with Crippen molar-refractivity contribution in [1.82, 2.24) is 8.87 Å². The molecule has 0 spiro atoms. The second kappa shape index (κ2) is 9.46. The molecule has 0 saturated carbocycles. The summed E-state index contributed by atoms with van der Waals surface area (Å²) in [7, 11) is -0.756. The first-order valence-corrected chi connectivity index (χ1v) is 12.5. The van der Waals surface area contributed by atoms with Gasteiger partial charge in [0.15, 0.2) is 4.80 Å². The molecular formula is C22H23N3O6S2. The number of carbonyl (C=O) groups is 2. The zero-order chi connectivity index (χ0) is 23.6. The molecule has 4 rings (SSSR count). The van der Waals surface area contributed by atoms with Crippen LogP contribution in [0.2, 0.25) is 0 Å². The summed E-state index contributed by atoms with van der Waals surface area (Å²) in [6.45, 7) is 0.873. The zero-order valence-corrected chi connectivity index (χ0v) is 19.8. The zero-order valence-electron chi connectivity index (χ0n) is 18.2. The number of nitrogens with zero attached hydrogens (tertiary/aromatic N) is 3. The van der Waals surface area contributed by atoms with Crippen LogP contribution < -0.4 is 9.54 Å². The van der Waals surface area contributed by atoms with Crippen LogP contribution in [0, 0.1) is 0 Å². The summed E-state index contributed by atoms with van der Waals surface area (Å²) in [5.41, 5.74) is 0.874. The molecule has 1 aliphatic rings. The van der Waals surface area contributed by atoms with Crippen molar-refractivity contribution < 1.29 is 27.5 Å². The molecule has 0 radical (unpaired) electrons. The van der Waals surface area contributed by atoms with Crippen molar-refractivity contribution in [2.45, 2.75) is 24.3 Å². The second-order valence-corrected chi connectivity index (χ2v) is 10.4. The first kappa shape index (κ1) is 23.1. The number of rotatable bonds is 6. The number of thiazole rings is 1. The number of methoxy groups -OCH3 is 2. The molecule has 0 unspecified atom stereocenters. The number of carbonyl (C=O) groups excluding carboxylic acids is 2. The largest absolute Gasteiger partial charge is 0.495 e. The van der Waals surface area contributed by atoms with Gasteiger partial charge in [0.05, 0.1) is 23.8 Å². The first-order chi connectivity index (χ1) is 15.8. The van der Waals surface area contributed by atoms with E-state index < -0.39 is 21.9 Å². The highest BCUT2D eigenvalue weighted by Gasteiger charge is 2.27. The minimum Gasteiger partial charge on any atom is -0.495 e. The number of sulfonamides is 1. The predicted octanol–water partition coefficient (Wildman–Crippen LogP) is 2.41. The van der Waals surface area contributed by atoms with Crippen LogP contribution >= 0.6 is 11.3 Å². The van der Waals surface area contributed by atoms with Gasteiger partial charge in [-0.3, -0.25) is 9.59 Å². The molecule has 9 nitrogen and oxygen atoms in total. The molecule has 0 N–H and O–H groups in total. The number of hydrogen-bond donors (Lipinski definition) is 0. The van der Waals surface area contributed by atoms with Crippen LogP contribution in [0.1, 0.15) is 23.2 Å². The maximum absolute atomic E-state index is 12.9. The maximum Gasteiger partial charge on any atom is 0.325 e. The smallest absolute Gasteiger partial charge is 0.325 e. The monoisotopic (exact) mass is 489 g/mol. The third-order valence-corrected chi connectivity index (χ3v) is 8.36. The Balaban J connectivity index is 1.71. The molecule has 1 aliphatic heterocycles. The summed E-state index contributed by atoms with van der Waals surface area (Å²) in [5, 5.41) is 0. The SMILES string of the molecule is COC(=O)Cn1c(=NC(=O)c2ccc(S(=O)(=O)N3CCCC3)cc2)sc2cccc(OC)c21. The van der Waals surface area contributed by atoms with Crippen molar-refractivity contribution in [1.29, 1.82) is 0 Å². The highest BCUT2D eigenvalue weighted by molar-refractivity contribution is 7.89. The third kappa shape index (κ3) is 4.56. The molecule has 2 aromatic carbocycles. The van der Waals surface area contributed by atoms with Crippen molar-refractivity contribution in [3.05, 3.63) is 52.8 Å². The van der Waals surface area contributed by atoms with Gasteiger partial charge in [-0.2, -0.15) is 9.30 Å². The highest BCUT2D eigenvalue weighted by Crippen LogP contribution is 2.27. The van der Waals surface area contributed by atoms with Gasteiger partial charge < -0.3 is 14.0 Å². The van der Waals surface area contributed by atoms with Crippen LogP contribution in [0.15, 0.2) is 52.4 Å². The molecule has 0 aliphatic carbocycles. The molecule has 0 atom stereocenters. The van der Waals surface area contributed by atoms with Gasteiger partial charge in [-0.25, -0.2) is 8.42 Å². The molecule has 33 heavy (non-hydrogen) atoms. The summed E-state index contributed by atoms with van der Waals surface area (Å²) in [5.74, 6) is -0.506. The van der Waals surface area contributed by atoms with Crippen LogP contribution in [0.4, 0.5) is 0 Å². The molecule has 11 heteroatoms. The molecule has 1 amide bonds.